The number of carbonyl (C=O) groups is 3. The summed E-state index contributed by atoms with van der Waals surface area (Å²) in [5.74, 6) is -2.64. The Kier molecular flexibility index (Phi) is 5.56. The Morgan fingerprint density at radius 1 is 1.42 bits per heavy atom. The molecule has 2 atom stereocenters. The molecule has 0 aliphatic carbocycles. The third-order valence-electron chi connectivity index (χ3n) is 2.97. The van der Waals surface area contributed by atoms with E-state index in [1.165, 1.54) is 4.90 Å². The van der Waals surface area contributed by atoms with E-state index in [-0.39, 0.29) is 6.10 Å². The summed E-state index contributed by atoms with van der Waals surface area (Å²) >= 11 is 0. The molecule has 1 heterocycles. The minimum atomic E-state index is -1.42. The second-order valence-electron chi connectivity index (χ2n) is 4.38. The summed E-state index contributed by atoms with van der Waals surface area (Å²) < 4.78 is 5.16. The lowest BCUT2D eigenvalue weighted by molar-refractivity contribution is -0.145. The molecule has 1 unspecified atom stereocenters. The molecule has 0 aromatic heterocycles. The van der Waals surface area contributed by atoms with Crippen LogP contribution in [0, 0.1) is 0 Å². The SMILES string of the molecule is COC1CCCN(C(=O)N[C@H](CC(=O)O)C(=O)O)C1. The molecule has 0 spiro atoms. The summed E-state index contributed by atoms with van der Waals surface area (Å²) in [6, 6.07) is -2.00. The third-order valence-corrected chi connectivity index (χ3v) is 2.97. The van der Waals surface area contributed by atoms with Crippen LogP contribution in [-0.4, -0.2) is 65.4 Å². The van der Waals surface area contributed by atoms with Gasteiger partial charge in [0.25, 0.3) is 0 Å². The maximum atomic E-state index is 11.9. The number of hydrogen-bond acceptors (Lipinski definition) is 4. The summed E-state index contributed by atoms with van der Waals surface area (Å²) in [5.41, 5.74) is 0. The van der Waals surface area contributed by atoms with Gasteiger partial charge in [-0.1, -0.05) is 0 Å². The first-order chi connectivity index (χ1) is 8.93. The smallest absolute Gasteiger partial charge is 0.326 e. The number of piperidine rings is 1. The lowest BCUT2D eigenvalue weighted by atomic mass is 10.1. The quantitative estimate of drug-likeness (QED) is 0.635. The summed E-state index contributed by atoms with van der Waals surface area (Å²) in [7, 11) is 1.55. The van der Waals surface area contributed by atoms with Crippen molar-refractivity contribution in [1.82, 2.24) is 10.2 Å². The highest BCUT2D eigenvalue weighted by Gasteiger charge is 2.28. The van der Waals surface area contributed by atoms with Crippen molar-refractivity contribution >= 4 is 18.0 Å². The van der Waals surface area contributed by atoms with Gasteiger partial charge in [0, 0.05) is 20.2 Å². The third kappa shape index (κ3) is 4.74. The monoisotopic (exact) mass is 274 g/mol. The van der Waals surface area contributed by atoms with Crippen LogP contribution < -0.4 is 5.32 Å². The van der Waals surface area contributed by atoms with Gasteiger partial charge in [0.05, 0.1) is 12.5 Å². The molecule has 2 amide bonds. The van der Waals surface area contributed by atoms with Gasteiger partial charge in [-0.2, -0.15) is 0 Å². The number of amides is 2. The maximum absolute atomic E-state index is 11.9. The van der Waals surface area contributed by atoms with Crippen LogP contribution in [0.2, 0.25) is 0 Å². The van der Waals surface area contributed by atoms with Gasteiger partial charge in [-0.25, -0.2) is 9.59 Å². The van der Waals surface area contributed by atoms with Crippen molar-refractivity contribution in [3.05, 3.63) is 0 Å². The van der Waals surface area contributed by atoms with Crippen molar-refractivity contribution in [1.29, 1.82) is 0 Å². The number of methoxy groups -OCH3 is 1. The molecule has 1 aliphatic rings. The number of likely N-dealkylation sites (tertiary alicyclic amines) is 1. The minimum Gasteiger partial charge on any atom is -0.481 e. The van der Waals surface area contributed by atoms with Crippen LogP contribution in [-0.2, 0) is 14.3 Å². The lowest BCUT2D eigenvalue weighted by Crippen LogP contribution is -2.52. The van der Waals surface area contributed by atoms with E-state index in [0.29, 0.717) is 13.1 Å². The molecule has 0 aromatic carbocycles. The first-order valence-corrected chi connectivity index (χ1v) is 5.97. The van der Waals surface area contributed by atoms with Crippen molar-refractivity contribution in [3.8, 4) is 0 Å². The number of nitrogens with one attached hydrogen (secondary N) is 1. The zero-order chi connectivity index (χ0) is 14.4. The molecule has 0 radical (unpaired) electrons. The number of urea groups is 1. The molecule has 0 bridgehead atoms. The van der Waals surface area contributed by atoms with E-state index in [4.69, 9.17) is 14.9 Å². The van der Waals surface area contributed by atoms with Gasteiger partial charge < -0.3 is 25.2 Å². The summed E-state index contributed by atoms with van der Waals surface area (Å²) in [6.45, 7) is 0.882. The Hall–Kier alpha value is -1.83. The Morgan fingerprint density at radius 3 is 2.63 bits per heavy atom. The van der Waals surface area contributed by atoms with Crippen LogP contribution in [0.1, 0.15) is 19.3 Å². The van der Waals surface area contributed by atoms with Crippen LogP contribution in [0.25, 0.3) is 0 Å². The zero-order valence-electron chi connectivity index (χ0n) is 10.7. The van der Waals surface area contributed by atoms with E-state index in [1.807, 2.05) is 0 Å². The second kappa shape index (κ2) is 6.93. The number of carboxylic acids is 2. The first kappa shape index (κ1) is 15.2. The number of carbonyl (C=O) groups excluding carboxylic acids is 1. The molecule has 0 aromatic rings. The van der Waals surface area contributed by atoms with Crippen molar-refractivity contribution in [3.63, 3.8) is 0 Å². The summed E-state index contributed by atoms with van der Waals surface area (Å²) in [4.78, 5) is 34.7. The molecule has 3 N–H and O–H groups in total. The molecular weight excluding hydrogens is 256 g/mol. The zero-order valence-corrected chi connectivity index (χ0v) is 10.7. The molecule has 8 heteroatoms. The van der Waals surface area contributed by atoms with Gasteiger partial charge in [0.1, 0.15) is 6.04 Å². The van der Waals surface area contributed by atoms with Crippen molar-refractivity contribution < 1.29 is 29.3 Å². The number of nitrogens with zero attached hydrogens (tertiary/aromatic N) is 1. The topological polar surface area (TPSA) is 116 Å². The molecule has 1 aliphatic heterocycles. The largest absolute Gasteiger partial charge is 0.481 e. The van der Waals surface area contributed by atoms with Crippen LogP contribution in [0.5, 0.6) is 0 Å². The first-order valence-electron chi connectivity index (χ1n) is 5.97. The number of aliphatic carboxylic acids is 2. The maximum Gasteiger partial charge on any atom is 0.326 e. The van der Waals surface area contributed by atoms with E-state index < -0.39 is 30.4 Å². The van der Waals surface area contributed by atoms with Crippen molar-refractivity contribution in [2.24, 2.45) is 0 Å². The second-order valence-corrected chi connectivity index (χ2v) is 4.38. The molecule has 1 saturated heterocycles. The van der Waals surface area contributed by atoms with E-state index in [0.717, 1.165) is 12.8 Å². The molecule has 1 fully saturated rings. The van der Waals surface area contributed by atoms with Gasteiger partial charge in [-0.3, -0.25) is 4.79 Å². The Bertz CT molecular complexity index is 359. The number of ether oxygens (including phenoxy) is 1. The van der Waals surface area contributed by atoms with Gasteiger partial charge in [-0.05, 0) is 12.8 Å². The molecule has 0 saturated carbocycles. The van der Waals surface area contributed by atoms with Gasteiger partial charge in [0.15, 0.2) is 0 Å². The molecule has 1 rings (SSSR count). The average molecular weight is 274 g/mol. The average Bonchev–Trinajstić information content (AvgIpc) is 2.37. The van der Waals surface area contributed by atoms with Crippen molar-refractivity contribution in [2.75, 3.05) is 20.2 Å². The highest BCUT2D eigenvalue weighted by atomic mass is 16.5. The van der Waals surface area contributed by atoms with Crippen LogP contribution in [0.4, 0.5) is 4.79 Å². The Morgan fingerprint density at radius 2 is 2.11 bits per heavy atom. The minimum absolute atomic E-state index is 0.0674. The highest BCUT2D eigenvalue weighted by Crippen LogP contribution is 2.12. The highest BCUT2D eigenvalue weighted by molar-refractivity contribution is 5.86. The van der Waals surface area contributed by atoms with E-state index in [9.17, 15) is 14.4 Å². The summed E-state index contributed by atoms with van der Waals surface area (Å²) in [6.07, 6.45) is 0.894. The fraction of sp³-hybridized carbons (Fsp3) is 0.727. The fourth-order valence-electron chi connectivity index (χ4n) is 1.93. The van der Waals surface area contributed by atoms with Crippen LogP contribution in [0.3, 0.4) is 0 Å². The number of hydrogen-bond donors (Lipinski definition) is 3. The van der Waals surface area contributed by atoms with Gasteiger partial charge in [-0.15, -0.1) is 0 Å². The van der Waals surface area contributed by atoms with Gasteiger partial charge >= 0.3 is 18.0 Å². The van der Waals surface area contributed by atoms with Crippen molar-refractivity contribution in [2.45, 2.75) is 31.4 Å². The van der Waals surface area contributed by atoms with Gasteiger partial charge in [0.2, 0.25) is 0 Å². The predicted octanol–water partition coefficient (Wildman–Crippen LogP) is -0.265. The number of rotatable bonds is 5. The van der Waals surface area contributed by atoms with E-state index in [1.54, 1.807) is 7.11 Å². The van der Waals surface area contributed by atoms with E-state index >= 15 is 0 Å². The molecule has 8 nitrogen and oxygen atoms in total. The molecule has 19 heavy (non-hydrogen) atoms. The Labute approximate surface area is 110 Å². The van der Waals surface area contributed by atoms with Crippen LogP contribution in [0.15, 0.2) is 0 Å². The standard InChI is InChI=1S/C11H18N2O6/c1-19-7-3-2-4-13(6-7)11(18)12-8(10(16)17)5-9(14)15/h7-8H,2-6H2,1H3,(H,12,18)(H,14,15)(H,16,17)/t7?,8-/m1/s1. The molecular formula is C11H18N2O6. The van der Waals surface area contributed by atoms with Crippen LogP contribution >= 0.6 is 0 Å². The van der Waals surface area contributed by atoms with E-state index in [2.05, 4.69) is 5.32 Å². The normalized spacial score (nSPS) is 20.7. The lowest BCUT2D eigenvalue weighted by Gasteiger charge is -2.32. The summed E-state index contributed by atoms with van der Waals surface area (Å²) in [5, 5.41) is 19.6. The fourth-order valence-corrected chi connectivity index (χ4v) is 1.93. The molecule has 108 valence electrons. The number of carboxylic acid groups (broad SMARTS) is 2. The Balaban J connectivity index is 2.56. The predicted molar refractivity (Wildman–Crippen MR) is 63.8 cm³/mol.